The average molecular weight is 196 g/mol. The Morgan fingerprint density at radius 3 is 2.92 bits per heavy atom. The summed E-state index contributed by atoms with van der Waals surface area (Å²) in [6.07, 6.45) is 1.34. The number of aryl methyl sites for hydroxylation is 1. The summed E-state index contributed by atoms with van der Waals surface area (Å²) in [7, 11) is 1.65. The topological polar surface area (TPSA) is 47.8 Å². The molecule has 0 aliphatic carbocycles. The van der Waals surface area contributed by atoms with Gasteiger partial charge in [-0.1, -0.05) is 11.6 Å². The highest BCUT2D eigenvalue weighted by Crippen LogP contribution is 2.15. The van der Waals surface area contributed by atoms with Gasteiger partial charge in [0.25, 0.3) is 5.56 Å². The molecule has 0 N–H and O–H groups in total. The first kappa shape index (κ1) is 8.19. The van der Waals surface area contributed by atoms with Crippen molar-refractivity contribution in [2.75, 3.05) is 0 Å². The number of hydrogen-bond acceptors (Lipinski definition) is 3. The molecule has 0 fully saturated rings. The Hall–Kier alpha value is -1.42. The fraction of sp³-hybridized carbons (Fsp3) is 0.125. The lowest BCUT2D eigenvalue weighted by Gasteiger charge is -2.02. The zero-order valence-corrected chi connectivity index (χ0v) is 7.62. The van der Waals surface area contributed by atoms with Gasteiger partial charge in [-0.3, -0.25) is 9.36 Å². The van der Waals surface area contributed by atoms with Crippen LogP contribution in [0.3, 0.4) is 0 Å². The minimum Gasteiger partial charge on any atom is -0.296 e. The highest BCUT2D eigenvalue weighted by molar-refractivity contribution is 6.33. The van der Waals surface area contributed by atoms with Gasteiger partial charge in [0.2, 0.25) is 0 Å². The first-order chi connectivity index (χ1) is 6.20. The molecule has 0 bridgehead atoms. The molecule has 0 atom stereocenters. The van der Waals surface area contributed by atoms with Crippen molar-refractivity contribution in [2.24, 2.45) is 7.05 Å². The predicted octanol–water partition coefficient (Wildman–Crippen LogP) is 0.982. The Kier molecular flexibility index (Phi) is 1.77. The zero-order chi connectivity index (χ0) is 9.42. The Labute approximate surface area is 78.8 Å². The highest BCUT2D eigenvalue weighted by atomic mass is 35.5. The van der Waals surface area contributed by atoms with E-state index in [1.807, 2.05) is 0 Å². The lowest BCUT2D eigenvalue weighted by molar-refractivity contribution is 0.883. The van der Waals surface area contributed by atoms with Gasteiger partial charge in [0, 0.05) is 13.1 Å². The molecular formula is C8H6ClN3O. The molecule has 0 aliphatic rings. The van der Waals surface area contributed by atoms with E-state index in [1.54, 1.807) is 13.1 Å². The number of fused-ring (bicyclic) bond motifs is 1. The van der Waals surface area contributed by atoms with Crippen molar-refractivity contribution in [3.63, 3.8) is 0 Å². The van der Waals surface area contributed by atoms with E-state index in [1.165, 1.54) is 17.0 Å². The second-order valence-corrected chi connectivity index (χ2v) is 2.99. The summed E-state index contributed by atoms with van der Waals surface area (Å²) < 4.78 is 1.43. The first-order valence-corrected chi connectivity index (χ1v) is 4.04. The molecule has 0 saturated carbocycles. The molecule has 0 aromatic carbocycles. The van der Waals surface area contributed by atoms with Gasteiger partial charge in [0.1, 0.15) is 17.1 Å². The smallest absolute Gasteiger partial charge is 0.251 e. The van der Waals surface area contributed by atoms with Crippen LogP contribution in [-0.4, -0.2) is 14.5 Å². The van der Waals surface area contributed by atoms with E-state index in [0.29, 0.717) is 16.2 Å². The second-order valence-electron chi connectivity index (χ2n) is 2.63. The van der Waals surface area contributed by atoms with Gasteiger partial charge < -0.3 is 0 Å². The molecule has 0 amide bonds. The summed E-state index contributed by atoms with van der Waals surface area (Å²) in [5, 5.41) is 1.05. The Morgan fingerprint density at radius 1 is 1.38 bits per heavy atom. The Balaban J connectivity index is 3.03. The maximum atomic E-state index is 11.2. The molecule has 13 heavy (non-hydrogen) atoms. The molecule has 0 saturated heterocycles. The number of pyridine rings is 1. The predicted molar refractivity (Wildman–Crippen MR) is 49.8 cm³/mol. The Morgan fingerprint density at radius 2 is 2.15 bits per heavy atom. The van der Waals surface area contributed by atoms with Crippen LogP contribution in [-0.2, 0) is 7.05 Å². The Bertz CT molecular complexity index is 520. The zero-order valence-electron chi connectivity index (χ0n) is 6.86. The largest absolute Gasteiger partial charge is 0.296 e. The van der Waals surface area contributed by atoms with Crippen molar-refractivity contribution in [2.45, 2.75) is 0 Å². The monoisotopic (exact) mass is 195 g/mol. The summed E-state index contributed by atoms with van der Waals surface area (Å²) >= 11 is 5.81. The number of halogens is 1. The van der Waals surface area contributed by atoms with Crippen LogP contribution < -0.4 is 5.56 Å². The number of hydrogen-bond donors (Lipinski definition) is 0. The van der Waals surface area contributed by atoms with Crippen molar-refractivity contribution in [1.29, 1.82) is 0 Å². The van der Waals surface area contributed by atoms with Crippen LogP contribution in [0.2, 0.25) is 5.15 Å². The third-order valence-electron chi connectivity index (χ3n) is 1.86. The van der Waals surface area contributed by atoms with E-state index >= 15 is 0 Å². The third-order valence-corrected chi connectivity index (χ3v) is 2.16. The fourth-order valence-corrected chi connectivity index (χ4v) is 1.34. The van der Waals surface area contributed by atoms with E-state index in [4.69, 9.17) is 11.6 Å². The van der Waals surface area contributed by atoms with Crippen LogP contribution in [0.1, 0.15) is 0 Å². The lowest BCUT2D eigenvalue weighted by Crippen LogP contribution is -2.16. The van der Waals surface area contributed by atoms with Gasteiger partial charge >= 0.3 is 0 Å². The molecular weight excluding hydrogens is 190 g/mol. The van der Waals surface area contributed by atoms with Crippen LogP contribution in [0.25, 0.3) is 11.0 Å². The van der Waals surface area contributed by atoms with Gasteiger partial charge in [0.05, 0.1) is 5.39 Å². The maximum Gasteiger partial charge on any atom is 0.251 e. The van der Waals surface area contributed by atoms with E-state index in [-0.39, 0.29) is 5.56 Å². The van der Waals surface area contributed by atoms with Crippen molar-refractivity contribution < 1.29 is 0 Å². The number of nitrogens with zero attached hydrogens (tertiary/aromatic N) is 3. The van der Waals surface area contributed by atoms with E-state index in [0.717, 1.165) is 0 Å². The highest BCUT2D eigenvalue weighted by Gasteiger charge is 2.03. The summed E-state index contributed by atoms with van der Waals surface area (Å²) in [4.78, 5) is 19.0. The minimum absolute atomic E-state index is 0.109. The van der Waals surface area contributed by atoms with Crippen molar-refractivity contribution in [1.82, 2.24) is 14.5 Å². The number of rotatable bonds is 0. The van der Waals surface area contributed by atoms with E-state index in [2.05, 4.69) is 9.97 Å². The molecule has 0 aliphatic heterocycles. The third kappa shape index (κ3) is 1.19. The maximum absolute atomic E-state index is 11.2. The number of aromatic nitrogens is 3. The van der Waals surface area contributed by atoms with Gasteiger partial charge in [-0.15, -0.1) is 0 Å². The van der Waals surface area contributed by atoms with Crippen LogP contribution >= 0.6 is 11.6 Å². The molecule has 4 nitrogen and oxygen atoms in total. The second kappa shape index (κ2) is 2.81. The summed E-state index contributed by atoms with van der Waals surface area (Å²) in [6, 6.07) is 3.07. The SMILES string of the molecule is Cn1c(=O)ccc2c(Cl)ncnc21. The average Bonchev–Trinajstić information content (AvgIpc) is 2.12. The molecule has 2 aromatic rings. The van der Waals surface area contributed by atoms with E-state index in [9.17, 15) is 4.79 Å². The molecule has 0 spiro atoms. The molecule has 0 radical (unpaired) electrons. The molecule has 2 heterocycles. The summed E-state index contributed by atoms with van der Waals surface area (Å²) in [6.45, 7) is 0. The van der Waals surface area contributed by atoms with Gasteiger partial charge in [-0.25, -0.2) is 9.97 Å². The lowest BCUT2D eigenvalue weighted by atomic mass is 10.3. The van der Waals surface area contributed by atoms with Gasteiger partial charge in [-0.05, 0) is 6.07 Å². The first-order valence-electron chi connectivity index (χ1n) is 3.66. The van der Waals surface area contributed by atoms with Crippen LogP contribution in [0.15, 0.2) is 23.3 Å². The van der Waals surface area contributed by atoms with E-state index < -0.39 is 0 Å². The quantitative estimate of drug-likeness (QED) is 0.589. The van der Waals surface area contributed by atoms with Gasteiger partial charge in [0.15, 0.2) is 0 Å². The summed E-state index contributed by atoms with van der Waals surface area (Å²) in [5.74, 6) is 0. The molecule has 0 unspecified atom stereocenters. The molecule has 66 valence electrons. The molecule has 5 heteroatoms. The van der Waals surface area contributed by atoms with Crippen molar-refractivity contribution in [3.05, 3.63) is 34.0 Å². The van der Waals surface area contributed by atoms with Crippen LogP contribution in [0.5, 0.6) is 0 Å². The van der Waals surface area contributed by atoms with Crippen LogP contribution in [0, 0.1) is 0 Å². The fourth-order valence-electron chi connectivity index (χ4n) is 1.15. The van der Waals surface area contributed by atoms with Crippen molar-refractivity contribution >= 4 is 22.6 Å². The molecule has 2 aromatic heterocycles. The van der Waals surface area contributed by atoms with Gasteiger partial charge in [-0.2, -0.15) is 0 Å². The van der Waals surface area contributed by atoms with Crippen LogP contribution in [0.4, 0.5) is 0 Å². The van der Waals surface area contributed by atoms with Crippen molar-refractivity contribution in [3.8, 4) is 0 Å². The summed E-state index contributed by atoms with van der Waals surface area (Å²) in [5.41, 5.74) is 0.440. The minimum atomic E-state index is -0.109. The standard InChI is InChI=1S/C8H6ClN3O/c1-12-6(13)3-2-5-7(9)10-4-11-8(5)12/h2-4H,1H3. The molecule has 2 rings (SSSR count). The normalized spacial score (nSPS) is 10.6.